The Morgan fingerprint density at radius 1 is 1.24 bits per heavy atom. The van der Waals surface area contributed by atoms with Crippen molar-refractivity contribution in [3.05, 3.63) is 46.8 Å². The molecular weight excluding hydrogens is 312 g/mol. The van der Waals surface area contributed by atoms with Gasteiger partial charge in [0.25, 0.3) is 5.91 Å². The van der Waals surface area contributed by atoms with Gasteiger partial charge in [0, 0.05) is 23.8 Å². The summed E-state index contributed by atoms with van der Waals surface area (Å²) in [5.74, 6) is -0.0631. The molecule has 0 radical (unpaired) electrons. The predicted molar refractivity (Wildman–Crippen MR) is 100 cm³/mol. The van der Waals surface area contributed by atoms with Crippen molar-refractivity contribution in [2.24, 2.45) is 0 Å². The van der Waals surface area contributed by atoms with Gasteiger partial charge in [0.1, 0.15) is 0 Å². The monoisotopic (exact) mass is 340 g/mol. The highest BCUT2D eigenvalue weighted by Crippen LogP contribution is 2.28. The molecule has 5 nitrogen and oxygen atoms in total. The first kappa shape index (κ1) is 17.7. The molecule has 0 saturated heterocycles. The molecule has 3 rings (SSSR count). The Labute approximate surface area is 149 Å². The summed E-state index contributed by atoms with van der Waals surface area (Å²) >= 11 is 0. The molecule has 1 aromatic carbocycles. The van der Waals surface area contributed by atoms with E-state index in [0.29, 0.717) is 12.2 Å². The summed E-state index contributed by atoms with van der Waals surface area (Å²) in [7, 11) is 0. The van der Waals surface area contributed by atoms with Crippen molar-refractivity contribution in [2.45, 2.75) is 52.5 Å². The van der Waals surface area contributed by atoms with Gasteiger partial charge < -0.3 is 10.6 Å². The second kappa shape index (κ2) is 7.83. The van der Waals surface area contributed by atoms with Gasteiger partial charge in [-0.1, -0.05) is 26.0 Å². The fourth-order valence-electron chi connectivity index (χ4n) is 3.46. The quantitative estimate of drug-likeness (QED) is 0.815. The van der Waals surface area contributed by atoms with Crippen molar-refractivity contribution in [1.29, 1.82) is 0 Å². The van der Waals surface area contributed by atoms with Crippen LogP contribution in [0.1, 0.15) is 54.5 Å². The van der Waals surface area contributed by atoms with E-state index in [-0.39, 0.29) is 11.9 Å². The summed E-state index contributed by atoms with van der Waals surface area (Å²) in [4.78, 5) is 12.6. The maximum Gasteiger partial charge on any atom is 0.272 e. The van der Waals surface area contributed by atoms with Crippen molar-refractivity contribution in [2.75, 3.05) is 13.1 Å². The second-order valence-corrected chi connectivity index (χ2v) is 6.73. The Kier molecular flexibility index (Phi) is 5.53. The molecule has 0 saturated carbocycles. The number of hydrogen-bond acceptors (Lipinski definition) is 3. The number of carbonyl (C=O) groups excluding carboxylic acids is 1. The molecule has 0 spiro atoms. The lowest BCUT2D eigenvalue weighted by Crippen LogP contribution is -2.39. The van der Waals surface area contributed by atoms with Crippen LogP contribution in [-0.2, 0) is 19.3 Å². The summed E-state index contributed by atoms with van der Waals surface area (Å²) in [5.41, 5.74) is 5.25. The van der Waals surface area contributed by atoms with Crippen molar-refractivity contribution < 1.29 is 4.79 Å². The van der Waals surface area contributed by atoms with Gasteiger partial charge in [0.2, 0.25) is 0 Å². The van der Waals surface area contributed by atoms with Crippen LogP contribution < -0.4 is 10.6 Å². The Hall–Kier alpha value is -2.14. The van der Waals surface area contributed by atoms with E-state index in [9.17, 15) is 4.79 Å². The van der Waals surface area contributed by atoms with Crippen molar-refractivity contribution in [3.8, 4) is 5.69 Å². The Morgan fingerprint density at radius 2 is 2.00 bits per heavy atom. The van der Waals surface area contributed by atoms with E-state index in [0.717, 1.165) is 43.5 Å². The molecule has 1 aliphatic carbocycles. The Balaban J connectivity index is 1.82. The van der Waals surface area contributed by atoms with Crippen LogP contribution in [0, 0.1) is 0 Å². The summed E-state index contributed by atoms with van der Waals surface area (Å²) in [5, 5.41) is 11.0. The van der Waals surface area contributed by atoms with E-state index >= 15 is 0 Å². The highest BCUT2D eigenvalue weighted by atomic mass is 16.2. The van der Waals surface area contributed by atoms with E-state index in [1.54, 1.807) is 0 Å². The lowest BCUT2D eigenvalue weighted by Gasteiger charge is -2.12. The number of nitrogens with zero attached hydrogens (tertiary/aromatic N) is 2. The van der Waals surface area contributed by atoms with E-state index in [2.05, 4.69) is 60.8 Å². The molecule has 1 amide bonds. The predicted octanol–water partition coefficient (Wildman–Crippen LogP) is 2.65. The SMILES string of the molecule is CCN[C@H](C)CNC(=O)c1nn(-c2ccc(CC)cc2)c2c1CCC2. The van der Waals surface area contributed by atoms with Crippen molar-refractivity contribution in [1.82, 2.24) is 20.4 Å². The number of aryl methyl sites for hydroxylation is 1. The molecule has 0 aliphatic heterocycles. The normalized spacial score (nSPS) is 14.4. The number of aromatic nitrogens is 2. The fraction of sp³-hybridized carbons (Fsp3) is 0.500. The van der Waals surface area contributed by atoms with Gasteiger partial charge in [-0.3, -0.25) is 4.79 Å². The van der Waals surface area contributed by atoms with E-state index in [4.69, 9.17) is 0 Å². The molecule has 1 heterocycles. The molecule has 2 N–H and O–H groups in total. The lowest BCUT2D eigenvalue weighted by atomic mass is 10.1. The lowest BCUT2D eigenvalue weighted by molar-refractivity contribution is 0.0944. The first-order valence-electron chi connectivity index (χ1n) is 9.35. The Bertz CT molecular complexity index is 733. The van der Waals surface area contributed by atoms with Crippen molar-refractivity contribution in [3.63, 3.8) is 0 Å². The maximum absolute atomic E-state index is 12.6. The average Bonchev–Trinajstić information content (AvgIpc) is 3.22. The average molecular weight is 340 g/mol. The van der Waals surface area contributed by atoms with Gasteiger partial charge in [-0.25, -0.2) is 4.68 Å². The second-order valence-electron chi connectivity index (χ2n) is 6.73. The maximum atomic E-state index is 12.6. The number of amides is 1. The minimum atomic E-state index is -0.0631. The van der Waals surface area contributed by atoms with Gasteiger partial charge in [0.15, 0.2) is 5.69 Å². The molecule has 1 atom stereocenters. The molecule has 134 valence electrons. The molecule has 0 unspecified atom stereocenters. The Morgan fingerprint density at radius 3 is 2.68 bits per heavy atom. The topological polar surface area (TPSA) is 58.9 Å². The molecule has 1 aromatic heterocycles. The van der Waals surface area contributed by atoms with Crippen LogP contribution >= 0.6 is 0 Å². The largest absolute Gasteiger partial charge is 0.349 e. The van der Waals surface area contributed by atoms with Crippen molar-refractivity contribution >= 4 is 5.91 Å². The summed E-state index contributed by atoms with van der Waals surface area (Å²) in [6.45, 7) is 7.80. The number of likely N-dealkylation sites (N-methyl/N-ethyl adjacent to an activating group) is 1. The van der Waals surface area contributed by atoms with Crippen LogP contribution in [0.3, 0.4) is 0 Å². The van der Waals surface area contributed by atoms with E-state index in [1.165, 1.54) is 11.3 Å². The number of fused-ring (bicyclic) bond motifs is 1. The van der Waals surface area contributed by atoms with Crippen LogP contribution in [0.25, 0.3) is 5.69 Å². The van der Waals surface area contributed by atoms with E-state index < -0.39 is 0 Å². The molecule has 0 fully saturated rings. The van der Waals surface area contributed by atoms with E-state index in [1.807, 2.05) is 4.68 Å². The molecule has 5 heteroatoms. The number of carbonyl (C=O) groups is 1. The molecule has 25 heavy (non-hydrogen) atoms. The first-order chi connectivity index (χ1) is 12.1. The van der Waals surface area contributed by atoms with Crippen LogP contribution in [0.15, 0.2) is 24.3 Å². The standard InChI is InChI=1S/C20H28N4O/c1-4-15-9-11-16(12-10-15)24-18-8-6-7-17(18)19(23-24)20(25)22-13-14(3)21-5-2/h9-12,14,21H,4-8,13H2,1-3H3,(H,22,25)/t14-/m1/s1. The fourth-order valence-corrected chi connectivity index (χ4v) is 3.46. The summed E-state index contributed by atoms with van der Waals surface area (Å²) in [6, 6.07) is 8.72. The van der Waals surface area contributed by atoms with Crippen LogP contribution in [-0.4, -0.2) is 34.8 Å². The first-order valence-corrected chi connectivity index (χ1v) is 9.35. The smallest absolute Gasteiger partial charge is 0.272 e. The molecule has 2 aromatic rings. The third kappa shape index (κ3) is 3.76. The summed E-state index contributed by atoms with van der Waals surface area (Å²) < 4.78 is 1.96. The van der Waals surface area contributed by atoms with Gasteiger partial charge in [-0.2, -0.15) is 5.10 Å². The molecule has 1 aliphatic rings. The zero-order chi connectivity index (χ0) is 17.8. The van der Waals surface area contributed by atoms with Crippen LogP contribution in [0.5, 0.6) is 0 Å². The summed E-state index contributed by atoms with van der Waals surface area (Å²) in [6.07, 6.45) is 4.04. The molecule has 0 bridgehead atoms. The van der Waals surface area contributed by atoms with Gasteiger partial charge in [-0.05, 0) is 56.8 Å². The highest BCUT2D eigenvalue weighted by molar-refractivity contribution is 5.94. The number of nitrogens with one attached hydrogen (secondary N) is 2. The third-order valence-electron chi connectivity index (χ3n) is 4.86. The minimum Gasteiger partial charge on any atom is -0.349 e. The number of benzene rings is 1. The van der Waals surface area contributed by atoms with Gasteiger partial charge >= 0.3 is 0 Å². The third-order valence-corrected chi connectivity index (χ3v) is 4.86. The van der Waals surface area contributed by atoms with Crippen LogP contribution in [0.4, 0.5) is 0 Å². The minimum absolute atomic E-state index is 0.0631. The van der Waals surface area contributed by atoms with Crippen LogP contribution in [0.2, 0.25) is 0 Å². The zero-order valence-electron chi connectivity index (χ0n) is 15.4. The molecular formula is C20H28N4O. The van der Waals surface area contributed by atoms with Gasteiger partial charge in [-0.15, -0.1) is 0 Å². The highest BCUT2D eigenvalue weighted by Gasteiger charge is 2.26. The number of rotatable bonds is 7. The van der Waals surface area contributed by atoms with Gasteiger partial charge in [0.05, 0.1) is 5.69 Å². The number of hydrogen-bond donors (Lipinski definition) is 2. The zero-order valence-corrected chi connectivity index (χ0v) is 15.4.